The highest BCUT2D eigenvalue weighted by molar-refractivity contribution is 6.32. The standard InChI is InChI=1S/C8H10BNO2/c1-2-12-8-3-6(9)4-10-7(8)5-11/h3-4,11H,2,5H2,1H3. The molecule has 2 radical (unpaired) electrons. The molecule has 1 heterocycles. The number of pyridine rings is 1. The summed E-state index contributed by atoms with van der Waals surface area (Å²) < 4.78 is 5.21. The van der Waals surface area contributed by atoms with Crippen LogP contribution >= 0.6 is 0 Å². The summed E-state index contributed by atoms with van der Waals surface area (Å²) in [5.74, 6) is 0.556. The minimum Gasteiger partial charge on any atom is -0.492 e. The largest absolute Gasteiger partial charge is 0.492 e. The van der Waals surface area contributed by atoms with Crippen LogP contribution in [-0.4, -0.2) is 24.5 Å². The lowest BCUT2D eigenvalue weighted by Crippen LogP contribution is -2.08. The first-order chi connectivity index (χ1) is 5.77. The van der Waals surface area contributed by atoms with E-state index in [2.05, 4.69) is 4.98 Å². The molecule has 1 aromatic heterocycles. The Morgan fingerprint density at radius 2 is 2.42 bits per heavy atom. The molecule has 1 rings (SSSR count). The summed E-state index contributed by atoms with van der Waals surface area (Å²) in [6.07, 6.45) is 1.49. The molecule has 0 saturated heterocycles. The molecule has 0 amide bonds. The van der Waals surface area contributed by atoms with Gasteiger partial charge in [-0.05, 0) is 13.0 Å². The van der Waals surface area contributed by atoms with Crippen LogP contribution in [0.1, 0.15) is 12.6 Å². The minimum atomic E-state index is -0.129. The Kier molecular flexibility index (Phi) is 3.11. The summed E-state index contributed by atoms with van der Waals surface area (Å²) in [6.45, 7) is 2.28. The van der Waals surface area contributed by atoms with Crippen LogP contribution in [-0.2, 0) is 6.61 Å². The van der Waals surface area contributed by atoms with Gasteiger partial charge in [0.15, 0.2) is 0 Å². The Morgan fingerprint density at radius 1 is 1.67 bits per heavy atom. The molecule has 0 fully saturated rings. The van der Waals surface area contributed by atoms with Gasteiger partial charge in [0.05, 0.1) is 13.2 Å². The van der Waals surface area contributed by atoms with Gasteiger partial charge in [0.25, 0.3) is 0 Å². The summed E-state index contributed by atoms with van der Waals surface area (Å²) in [5.41, 5.74) is 1.06. The van der Waals surface area contributed by atoms with Gasteiger partial charge in [-0.25, -0.2) is 0 Å². The van der Waals surface area contributed by atoms with Crippen molar-refractivity contribution in [1.82, 2.24) is 4.98 Å². The van der Waals surface area contributed by atoms with E-state index < -0.39 is 0 Å². The number of aromatic nitrogens is 1. The number of aliphatic hydroxyl groups excluding tert-OH is 1. The minimum absolute atomic E-state index is 0.129. The Morgan fingerprint density at radius 3 is 3.00 bits per heavy atom. The first-order valence-corrected chi connectivity index (χ1v) is 3.76. The van der Waals surface area contributed by atoms with Gasteiger partial charge in [-0.1, -0.05) is 5.46 Å². The van der Waals surface area contributed by atoms with E-state index in [1.54, 1.807) is 6.07 Å². The van der Waals surface area contributed by atoms with Gasteiger partial charge in [-0.2, -0.15) is 0 Å². The quantitative estimate of drug-likeness (QED) is 0.625. The lowest BCUT2D eigenvalue weighted by molar-refractivity contribution is 0.261. The molecule has 0 aliphatic carbocycles. The van der Waals surface area contributed by atoms with Crippen molar-refractivity contribution in [3.05, 3.63) is 18.0 Å². The Balaban J connectivity index is 2.95. The Bertz CT molecular complexity index is 265. The van der Waals surface area contributed by atoms with Crippen LogP contribution in [0.4, 0.5) is 0 Å². The van der Waals surface area contributed by atoms with Crippen molar-refractivity contribution >= 4 is 13.3 Å². The molecule has 0 atom stereocenters. The zero-order chi connectivity index (χ0) is 8.97. The highest BCUT2D eigenvalue weighted by Gasteiger charge is 2.02. The van der Waals surface area contributed by atoms with Crippen molar-refractivity contribution in [2.45, 2.75) is 13.5 Å². The third kappa shape index (κ3) is 1.98. The zero-order valence-corrected chi connectivity index (χ0v) is 6.95. The first-order valence-electron chi connectivity index (χ1n) is 3.76. The molecule has 0 saturated carbocycles. The van der Waals surface area contributed by atoms with Crippen LogP contribution in [0, 0.1) is 0 Å². The molecule has 0 aliphatic rings. The SMILES string of the molecule is [B]c1cnc(CO)c(OCC)c1. The van der Waals surface area contributed by atoms with Gasteiger partial charge in [-0.15, -0.1) is 0 Å². The Hall–Kier alpha value is -1.03. The zero-order valence-electron chi connectivity index (χ0n) is 6.95. The van der Waals surface area contributed by atoms with Crippen molar-refractivity contribution in [3.8, 4) is 5.75 Å². The second kappa shape index (κ2) is 4.11. The van der Waals surface area contributed by atoms with Crippen molar-refractivity contribution in [2.24, 2.45) is 0 Å². The van der Waals surface area contributed by atoms with E-state index in [-0.39, 0.29) is 6.61 Å². The third-order valence-electron chi connectivity index (χ3n) is 1.40. The predicted molar refractivity (Wildman–Crippen MR) is 46.7 cm³/mol. The lowest BCUT2D eigenvalue weighted by atomic mass is 9.98. The maximum absolute atomic E-state index is 8.85. The molecule has 0 spiro atoms. The van der Waals surface area contributed by atoms with E-state index in [0.717, 1.165) is 0 Å². The van der Waals surface area contributed by atoms with Crippen molar-refractivity contribution in [3.63, 3.8) is 0 Å². The smallest absolute Gasteiger partial charge is 0.142 e. The number of aliphatic hydroxyl groups is 1. The fourth-order valence-electron chi connectivity index (χ4n) is 0.887. The van der Waals surface area contributed by atoms with Gasteiger partial charge in [0.2, 0.25) is 0 Å². The van der Waals surface area contributed by atoms with Gasteiger partial charge in [-0.3, -0.25) is 4.98 Å². The van der Waals surface area contributed by atoms with Gasteiger partial charge in [0.1, 0.15) is 19.3 Å². The molecule has 1 aromatic rings. The van der Waals surface area contributed by atoms with Crippen LogP contribution in [0.3, 0.4) is 0 Å². The van der Waals surface area contributed by atoms with Crippen molar-refractivity contribution in [1.29, 1.82) is 0 Å². The van der Waals surface area contributed by atoms with Crippen LogP contribution in [0.5, 0.6) is 5.75 Å². The molecule has 0 bridgehead atoms. The molecule has 0 aliphatic heterocycles. The molecule has 62 valence electrons. The second-order valence-corrected chi connectivity index (χ2v) is 2.30. The highest BCUT2D eigenvalue weighted by atomic mass is 16.5. The molecule has 0 unspecified atom stereocenters. The molecule has 4 heteroatoms. The average molecular weight is 163 g/mol. The van der Waals surface area contributed by atoms with Crippen LogP contribution in [0.15, 0.2) is 12.3 Å². The number of hydrogen-bond acceptors (Lipinski definition) is 3. The maximum Gasteiger partial charge on any atom is 0.142 e. The topological polar surface area (TPSA) is 42.4 Å². The third-order valence-corrected chi connectivity index (χ3v) is 1.40. The number of rotatable bonds is 3. The summed E-state index contributed by atoms with van der Waals surface area (Å²) in [5, 5.41) is 8.85. The van der Waals surface area contributed by atoms with E-state index in [9.17, 15) is 0 Å². The summed E-state index contributed by atoms with van der Waals surface area (Å²) >= 11 is 0. The maximum atomic E-state index is 8.85. The lowest BCUT2D eigenvalue weighted by Gasteiger charge is -2.07. The predicted octanol–water partition coefficient (Wildman–Crippen LogP) is -0.234. The van der Waals surface area contributed by atoms with E-state index in [1.165, 1.54) is 6.20 Å². The molecular weight excluding hydrogens is 153 g/mol. The van der Waals surface area contributed by atoms with E-state index in [1.807, 2.05) is 6.92 Å². The molecular formula is C8H10BNO2. The number of nitrogens with zero attached hydrogens (tertiary/aromatic N) is 1. The average Bonchev–Trinajstić information content (AvgIpc) is 2.05. The van der Waals surface area contributed by atoms with E-state index >= 15 is 0 Å². The normalized spacial score (nSPS) is 9.83. The summed E-state index contributed by atoms with van der Waals surface area (Å²) in [7, 11) is 5.49. The number of ether oxygens (including phenoxy) is 1. The van der Waals surface area contributed by atoms with E-state index in [4.69, 9.17) is 17.7 Å². The summed E-state index contributed by atoms with van der Waals surface area (Å²) in [6, 6.07) is 1.65. The Labute approximate surface area is 72.8 Å². The van der Waals surface area contributed by atoms with Gasteiger partial charge < -0.3 is 9.84 Å². The van der Waals surface area contributed by atoms with Gasteiger partial charge in [0, 0.05) is 6.20 Å². The van der Waals surface area contributed by atoms with Crippen LogP contribution in [0.25, 0.3) is 0 Å². The molecule has 0 aromatic carbocycles. The fraction of sp³-hybridized carbons (Fsp3) is 0.375. The van der Waals surface area contributed by atoms with Crippen molar-refractivity contribution in [2.75, 3.05) is 6.61 Å². The fourth-order valence-corrected chi connectivity index (χ4v) is 0.887. The first kappa shape index (κ1) is 9.07. The van der Waals surface area contributed by atoms with Crippen LogP contribution < -0.4 is 10.2 Å². The summed E-state index contributed by atoms with van der Waals surface area (Å²) in [4.78, 5) is 3.92. The molecule has 3 nitrogen and oxygen atoms in total. The molecule has 12 heavy (non-hydrogen) atoms. The monoisotopic (exact) mass is 163 g/mol. The van der Waals surface area contributed by atoms with E-state index in [0.29, 0.717) is 23.5 Å². The second-order valence-electron chi connectivity index (χ2n) is 2.30. The number of hydrogen-bond donors (Lipinski definition) is 1. The van der Waals surface area contributed by atoms with Crippen LogP contribution in [0.2, 0.25) is 0 Å². The van der Waals surface area contributed by atoms with Crippen molar-refractivity contribution < 1.29 is 9.84 Å². The molecule has 1 N–H and O–H groups in total. The van der Waals surface area contributed by atoms with Gasteiger partial charge >= 0.3 is 0 Å². The highest BCUT2D eigenvalue weighted by Crippen LogP contribution is 2.13.